The molecule has 0 radical (unpaired) electrons. The summed E-state index contributed by atoms with van der Waals surface area (Å²) >= 11 is 0. The highest BCUT2D eigenvalue weighted by molar-refractivity contribution is 5.97. The van der Waals surface area contributed by atoms with Gasteiger partial charge < -0.3 is 19.9 Å². The number of nitrogens with one attached hydrogen (secondary N) is 1. The van der Waals surface area contributed by atoms with Crippen LogP contribution in [-0.2, 0) is 4.74 Å². The summed E-state index contributed by atoms with van der Waals surface area (Å²) in [5.74, 6) is 0.557. The van der Waals surface area contributed by atoms with Crippen LogP contribution >= 0.6 is 0 Å². The first-order valence-corrected chi connectivity index (χ1v) is 6.92. The lowest BCUT2D eigenvalue weighted by atomic mass is 9.99. The van der Waals surface area contributed by atoms with Crippen molar-refractivity contribution in [2.24, 2.45) is 5.92 Å². The van der Waals surface area contributed by atoms with Gasteiger partial charge in [0.05, 0.1) is 18.8 Å². The number of phenols is 1. The van der Waals surface area contributed by atoms with Gasteiger partial charge >= 0.3 is 0 Å². The van der Waals surface area contributed by atoms with Crippen LogP contribution in [0.1, 0.15) is 30.1 Å². The van der Waals surface area contributed by atoms with E-state index in [1.54, 1.807) is 6.07 Å². The third-order valence-corrected chi connectivity index (χ3v) is 3.72. The summed E-state index contributed by atoms with van der Waals surface area (Å²) in [6.07, 6.45) is 2.13. The number of benzene rings is 1. The molecule has 2 unspecified atom stereocenters. The minimum atomic E-state index is -0.289. The summed E-state index contributed by atoms with van der Waals surface area (Å²) in [6.45, 7) is 3.40. The molecule has 1 aromatic carbocycles. The molecule has 1 amide bonds. The molecule has 5 nitrogen and oxygen atoms in total. The van der Waals surface area contributed by atoms with E-state index in [1.165, 1.54) is 19.2 Å². The molecular weight excluding hydrogens is 258 g/mol. The van der Waals surface area contributed by atoms with Gasteiger partial charge in [0.25, 0.3) is 5.91 Å². The van der Waals surface area contributed by atoms with Crippen LogP contribution in [0.15, 0.2) is 18.2 Å². The molecule has 1 aliphatic rings. The highest BCUT2D eigenvalue weighted by Gasteiger charge is 2.27. The van der Waals surface area contributed by atoms with Crippen LogP contribution in [0.4, 0.5) is 0 Å². The molecule has 0 saturated carbocycles. The zero-order valence-corrected chi connectivity index (χ0v) is 11.9. The normalized spacial score (nSPS) is 21.7. The summed E-state index contributed by atoms with van der Waals surface area (Å²) in [4.78, 5) is 12.1. The van der Waals surface area contributed by atoms with Crippen LogP contribution < -0.4 is 10.1 Å². The second-order valence-corrected chi connectivity index (χ2v) is 4.96. The van der Waals surface area contributed by atoms with Crippen LogP contribution in [0, 0.1) is 5.92 Å². The van der Waals surface area contributed by atoms with Crippen molar-refractivity contribution >= 4 is 5.91 Å². The van der Waals surface area contributed by atoms with Crippen molar-refractivity contribution in [2.75, 3.05) is 20.3 Å². The molecule has 1 aromatic rings. The molecule has 0 aromatic heterocycles. The molecule has 1 heterocycles. The molecular formula is C15H21NO4. The lowest BCUT2D eigenvalue weighted by Gasteiger charge is -2.17. The lowest BCUT2D eigenvalue weighted by molar-refractivity contribution is 0.0826. The van der Waals surface area contributed by atoms with Gasteiger partial charge in [-0.05, 0) is 31.0 Å². The summed E-state index contributed by atoms with van der Waals surface area (Å²) in [7, 11) is 1.52. The van der Waals surface area contributed by atoms with Gasteiger partial charge in [-0.25, -0.2) is 0 Å². The Balaban J connectivity index is 1.98. The number of phenolic OH excluding ortho intramolecular Hbond substituents is 1. The second kappa shape index (κ2) is 6.61. The Morgan fingerprint density at radius 3 is 3.05 bits per heavy atom. The zero-order chi connectivity index (χ0) is 14.5. The fourth-order valence-corrected chi connectivity index (χ4v) is 2.52. The average Bonchev–Trinajstić information content (AvgIpc) is 2.92. The van der Waals surface area contributed by atoms with Crippen molar-refractivity contribution < 1.29 is 19.4 Å². The minimum Gasteiger partial charge on any atom is -0.507 e. The molecule has 0 aliphatic carbocycles. The van der Waals surface area contributed by atoms with Gasteiger partial charge in [-0.2, -0.15) is 0 Å². The standard InChI is InChI=1S/C15H21NO4/c1-3-14-10(6-7-20-14)9-16-15(18)12-8-11(19-2)4-5-13(12)17/h4-5,8,10,14,17H,3,6-7,9H2,1-2H3,(H,16,18). The van der Waals surface area contributed by atoms with Crippen LogP contribution in [0.25, 0.3) is 0 Å². The lowest BCUT2D eigenvalue weighted by Crippen LogP contribution is -2.32. The van der Waals surface area contributed by atoms with Crippen molar-refractivity contribution in [3.05, 3.63) is 23.8 Å². The van der Waals surface area contributed by atoms with Gasteiger partial charge in [0.15, 0.2) is 0 Å². The molecule has 2 atom stereocenters. The fraction of sp³-hybridized carbons (Fsp3) is 0.533. The van der Waals surface area contributed by atoms with Crippen molar-refractivity contribution in [1.82, 2.24) is 5.32 Å². The predicted octanol–water partition coefficient (Wildman–Crippen LogP) is 1.95. The van der Waals surface area contributed by atoms with Crippen LogP contribution in [-0.4, -0.2) is 37.4 Å². The number of rotatable bonds is 5. The first-order valence-electron chi connectivity index (χ1n) is 6.92. The Morgan fingerprint density at radius 1 is 1.55 bits per heavy atom. The Kier molecular flexibility index (Phi) is 4.84. The van der Waals surface area contributed by atoms with Crippen LogP contribution in [0.2, 0.25) is 0 Å². The molecule has 1 fully saturated rings. The van der Waals surface area contributed by atoms with Crippen LogP contribution in [0.5, 0.6) is 11.5 Å². The van der Waals surface area contributed by atoms with E-state index >= 15 is 0 Å². The largest absolute Gasteiger partial charge is 0.507 e. The molecule has 110 valence electrons. The maximum absolute atomic E-state index is 12.1. The smallest absolute Gasteiger partial charge is 0.255 e. The molecule has 1 aliphatic heterocycles. The van der Waals surface area contributed by atoms with Gasteiger partial charge in [-0.1, -0.05) is 6.92 Å². The SMILES string of the molecule is CCC1OCCC1CNC(=O)c1cc(OC)ccc1O. The number of hydrogen-bond acceptors (Lipinski definition) is 4. The van der Waals surface area contributed by atoms with Gasteiger partial charge in [-0.3, -0.25) is 4.79 Å². The summed E-state index contributed by atoms with van der Waals surface area (Å²) < 4.78 is 10.7. The maximum atomic E-state index is 12.1. The van der Waals surface area contributed by atoms with E-state index in [-0.39, 0.29) is 23.3 Å². The number of aromatic hydroxyl groups is 1. The van der Waals surface area contributed by atoms with Crippen molar-refractivity contribution in [3.8, 4) is 11.5 Å². The topological polar surface area (TPSA) is 67.8 Å². The Bertz CT molecular complexity index is 475. The fourth-order valence-electron chi connectivity index (χ4n) is 2.52. The molecule has 2 rings (SSSR count). The Hall–Kier alpha value is -1.75. The second-order valence-electron chi connectivity index (χ2n) is 4.96. The van der Waals surface area contributed by atoms with E-state index in [9.17, 15) is 9.90 Å². The Labute approximate surface area is 118 Å². The Morgan fingerprint density at radius 2 is 2.35 bits per heavy atom. The molecule has 2 N–H and O–H groups in total. The quantitative estimate of drug-likeness (QED) is 0.864. The summed E-state index contributed by atoms with van der Waals surface area (Å²) in [5, 5.41) is 12.6. The van der Waals surface area contributed by atoms with Gasteiger partial charge in [0, 0.05) is 19.1 Å². The third-order valence-electron chi connectivity index (χ3n) is 3.72. The predicted molar refractivity (Wildman–Crippen MR) is 75.1 cm³/mol. The monoisotopic (exact) mass is 279 g/mol. The molecule has 0 spiro atoms. The minimum absolute atomic E-state index is 0.0435. The first kappa shape index (κ1) is 14.7. The van der Waals surface area contributed by atoms with Crippen molar-refractivity contribution in [3.63, 3.8) is 0 Å². The van der Waals surface area contributed by atoms with E-state index in [0.29, 0.717) is 18.2 Å². The first-order chi connectivity index (χ1) is 9.65. The average molecular weight is 279 g/mol. The summed E-state index contributed by atoms with van der Waals surface area (Å²) in [5.41, 5.74) is 0.233. The maximum Gasteiger partial charge on any atom is 0.255 e. The van der Waals surface area contributed by atoms with E-state index in [2.05, 4.69) is 12.2 Å². The number of methoxy groups -OCH3 is 1. The van der Waals surface area contributed by atoms with E-state index < -0.39 is 0 Å². The molecule has 0 bridgehead atoms. The van der Waals surface area contributed by atoms with Crippen LogP contribution in [0.3, 0.4) is 0 Å². The van der Waals surface area contributed by atoms with Gasteiger partial charge in [-0.15, -0.1) is 0 Å². The summed E-state index contributed by atoms with van der Waals surface area (Å²) in [6, 6.07) is 4.61. The number of ether oxygens (including phenoxy) is 2. The van der Waals surface area contributed by atoms with Crippen molar-refractivity contribution in [1.29, 1.82) is 0 Å². The molecule has 5 heteroatoms. The number of carbonyl (C=O) groups excluding carboxylic acids is 1. The molecule has 20 heavy (non-hydrogen) atoms. The van der Waals surface area contributed by atoms with E-state index in [1.807, 2.05) is 0 Å². The number of amides is 1. The van der Waals surface area contributed by atoms with E-state index in [0.717, 1.165) is 19.4 Å². The number of carbonyl (C=O) groups is 1. The zero-order valence-electron chi connectivity index (χ0n) is 11.9. The third kappa shape index (κ3) is 3.22. The number of hydrogen-bond donors (Lipinski definition) is 2. The van der Waals surface area contributed by atoms with E-state index in [4.69, 9.17) is 9.47 Å². The molecule has 1 saturated heterocycles. The van der Waals surface area contributed by atoms with Crippen molar-refractivity contribution in [2.45, 2.75) is 25.9 Å². The highest BCUT2D eigenvalue weighted by atomic mass is 16.5. The highest BCUT2D eigenvalue weighted by Crippen LogP contribution is 2.24. The van der Waals surface area contributed by atoms with Gasteiger partial charge in [0.2, 0.25) is 0 Å². The van der Waals surface area contributed by atoms with Gasteiger partial charge in [0.1, 0.15) is 11.5 Å².